The van der Waals surface area contributed by atoms with Crippen molar-refractivity contribution in [3.8, 4) is 0 Å². The first-order valence-electron chi connectivity index (χ1n) is 8.17. The van der Waals surface area contributed by atoms with Crippen molar-refractivity contribution in [2.45, 2.75) is 86.7 Å². The van der Waals surface area contributed by atoms with Crippen LogP contribution in [-0.2, 0) is 14.3 Å². The molecule has 0 aromatic carbocycles. The quantitative estimate of drug-likeness (QED) is 0.767. The summed E-state index contributed by atoms with van der Waals surface area (Å²) >= 11 is 0. The van der Waals surface area contributed by atoms with Crippen molar-refractivity contribution in [2.75, 3.05) is 6.61 Å². The van der Waals surface area contributed by atoms with Gasteiger partial charge in [0.1, 0.15) is 0 Å². The summed E-state index contributed by atoms with van der Waals surface area (Å²) in [5.74, 6) is -0.989. The topological polar surface area (TPSA) is 83.8 Å². The van der Waals surface area contributed by atoms with E-state index in [2.05, 4.69) is 18.6 Å². The lowest BCUT2D eigenvalue weighted by Crippen LogP contribution is -2.20. The smallest absolute Gasteiger partial charge is 0.305 e. The number of cyclic esters (lactones) is 1. The fourth-order valence-corrected chi connectivity index (χ4v) is 1.46. The van der Waals surface area contributed by atoms with Gasteiger partial charge in [0.2, 0.25) is 0 Å². The van der Waals surface area contributed by atoms with Gasteiger partial charge < -0.3 is 14.9 Å². The fourth-order valence-electron chi connectivity index (χ4n) is 1.46. The van der Waals surface area contributed by atoms with Gasteiger partial charge in [0, 0.05) is 6.42 Å². The van der Waals surface area contributed by atoms with E-state index in [4.69, 9.17) is 5.11 Å². The minimum atomic E-state index is -0.943. The van der Waals surface area contributed by atoms with Crippen LogP contribution in [0.5, 0.6) is 0 Å². The van der Waals surface area contributed by atoms with Crippen molar-refractivity contribution in [3.05, 3.63) is 0 Å². The molecule has 0 aliphatic carbocycles. The predicted octanol–water partition coefficient (Wildman–Crippen LogP) is 4.02. The average Bonchev–Trinajstić information content (AvgIpc) is 2.81. The molecule has 0 saturated carbocycles. The summed E-state index contributed by atoms with van der Waals surface area (Å²) in [7, 11) is 0. The zero-order chi connectivity index (χ0) is 18.2. The van der Waals surface area contributed by atoms with Crippen LogP contribution in [0.2, 0.25) is 0 Å². The summed E-state index contributed by atoms with van der Waals surface area (Å²) in [6.45, 7) is 14.8. The molecule has 1 aliphatic heterocycles. The standard InChI is InChI=1S/C8H16O3.C4H6O2.C3H8.C2H6/c1-8(2,3)5-6(9)4-7(10)11;5-4-2-1-3-6-4;1-3-2;1-2/h6,9H,4-5H2,1-3H3,(H,10,11);1-3H2;3H2,1-2H3;1-2H3. The van der Waals surface area contributed by atoms with E-state index in [0.717, 1.165) is 6.42 Å². The second-order valence-electron chi connectivity index (χ2n) is 6.05. The van der Waals surface area contributed by atoms with Gasteiger partial charge >= 0.3 is 11.9 Å². The van der Waals surface area contributed by atoms with E-state index in [1.165, 1.54) is 6.42 Å². The lowest BCUT2D eigenvalue weighted by atomic mass is 9.88. The average molecular weight is 320 g/mol. The number of carbonyl (C=O) groups excluding carboxylic acids is 1. The maximum absolute atomic E-state index is 10.1. The Labute approximate surface area is 136 Å². The summed E-state index contributed by atoms with van der Waals surface area (Å²) < 4.78 is 4.51. The number of aliphatic hydroxyl groups excluding tert-OH is 1. The molecule has 0 radical (unpaired) electrons. The Morgan fingerprint density at radius 1 is 1.27 bits per heavy atom. The van der Waals surface area contributed by atoms with E-state index in [9.17, 15) is 14.7 Å². The maximum Gasteiger partial charge on any atom is 0.305 e. The maximum atomic E-state index is 10.1. The van der Waals surface area contributed by atoms with Crippen LogP contribution in [0.25, 0.3) is 0 Å². The molecule has 1 saturated heterocycles. The summed E-state index contributed by atoms with van der Waals surface area (Å²) in [6.07, 6.45) is 2.45. The molecule has 1 atom stereocenters. The second-order valence-corrected chi connectivity index (χ2v) is 6.05. The Hall–Kier alpha value is -1.10. The van der Waals surface area contributed by atoms with Crippen molar-refractivity contribution < 1.29 is 24.5 Å². The third kappa shape index (κ3) is 27.3. The third-order valence-corrected chi connectivity index (χ3v) is 2.05. The molecule has 2 N–H and O–H groups in total. The predicted molar refractivity (Wildman–Crippen MR) is 89.8 cm³/mol. The van der Waals surface area contributed by atoms with Crippen molar-refractivity contribution >= 4 is 11.9 Å². The van der Waals surface area contributed by atoms with Crippen LogP contribution in [0.1, 0.15) is 80.6 Å². The molecular formula is C17H36O5. The molecule has 0 bridgehead atoms. The highest BCUT2D eigenvalue weighted by molar-refractivity contribution is 5.70. The van der Waals surface area contributed by atoms with Crippen LogP contribution in [-0.4, -0.2) is 34.9 Å². The molecule has 5 nitrogen and oxygen atoms in total. The number of hydrogen-bond donors (Lipinski definition) is 2. The second kappa shape index (κ2) is 16.3. The number of esters is 1. The Bertz CT molecular complexity index is 261. The van der Waals surface area contributed by atoms with E-state index in [0.29, 0.717) is 19.4 Å². The van der Waals surface area contributed by atoms with Crippen molar-refractivity contribution in [3.63, 3.8) is 0 Å². The van der Waals surface area contributed by atoms with Crippen LogP contribution in [0.4, 0.5) is 0 Å². The summed E-state index contributed by atoms with van der Waals surface area (Å²) in [6, 6.07) is 0. The monoisotopic (exact) mass is 320 g/mol. The van der Waals surface area contributed by atoms with E-state index < -0.39 is 12.1 Å². The van der Waals surface area contributed by atoms with Crippen molar-refractivity contribution in [1.82, 2.24) is 0 Å². The van der Waals surface area contributed by atoms with Crippen LogP contribution in [0.15, 0.2) is 0 Å². The third-order valence-electron chi connectivity index (χ3n) is 2.05. The Kier molecular flexibility index (Phi) is 19.1. The summed E-state index contributed by atoms with van der Waals surface area (Å²) in [4.78, 5) is 20.2. The Morgan fingerprint density at radius 2 is 1.73 bits per heavy atom. The van der Waals surface area contributed by atoms with Gasteiger partial charge in [-0.1, -0.05) is 54.9 Å². The molecule has 0 spiro atoms. The molecule has 134 valence electrons. The van der Waals surface area contributed by atoms with E-state index in [1.54, 1.807) is 0 Å². The molecule has 0 amide bonds. The van der Waals surface area contributed by atoms with Crippen molar-refractivity contribution in [1.29, 1.82) is 0 Å². The highest BCUT2D eigenvalue weighted by Crippen LogP contribution is 2.21. The molecule has 5 heteroatoms. The number of hydrogen-bond acceptors (Lipinski definition) is 4. The van der Waals surface area contributed by atoms with Gasteiger partial charge in [0.15, 0.2) is 0 Å². The lowest BCUT2D eigenvalue weighted by Gasteiger charge is -2.20. The minimum absolute atomic E-state index is 0.00509. The number of aliphatic hydroxyl groups is 1. The molecule has 0 aromatic rings. The van der Waals surface area contributed by atoms with Crippen LogP contribution < -0.4 is 0 Å². The molecule has 1 unspecified atom stereocenters. The molecule has 1 heterocycles. The summed E-state index contributed by atoms with van der Waals surface area (Å²) in [5.41, 5.74) is -0.00509. The molecule has 1 aliphatic rings. The number of aliphatic carboxylic acids is 1. The SMILES string of the molecule is CC.CC(C)(C)CC(O)CC(=O)O.CCC.O=C1CCCO1. The number of carboxylic acid groups (broad SMARTS) is 1. The van der Waals surface area contributed by atoms with Gasteiger partial charge in [-0.3, -0.25) is 9.59 Å². The largest absolute Gasteiger partial charge is 0.481 e. The van der Waals surface area contributed by atoms with Gasteiger partial charge in [-0.25, -0.2) is 0 Å². The van der Waals surface area contributed by atoms with Gasteiger partial charge in [-0.2, -0.15) is 0 Å². The van der Waals surface area contributed by atoms with Gasteiger partial charge in [-0.15, -0.1) is 0 Å². The first-order valence-corrected chi connectivity index (χ1v) is 8.17. The van der Waals surface area contributed by atoms with E-state index in [-0.39, 0.29) is 17.8 Å². The van der Waals surface area contributed by atoms with E-state index in [1.807, 2.05) is 34.6 Å². The lowest BCUT2D eigenvalue weighted by molar-refractivity contribution is -0.140. The molecule has 1 rings (SSSR count). The minimum Gasteiger partial charge on any atom is -0.481 e. The van der Waals surface area contributed by atoms with Crippen molar-refractivity contribution in [2.24, 2.45) is 5.41 Å². The summed E-state index contributed by atoms with van der Waals surface area (Å²) in [5, 5.41) is 17.5. The zero-order valence-corrected chi connectivity index (χ0v) is 15.4. The zero-order valence-electron chi connectivity index (χ0n) is 15.4. The highest BCUT2D eigenvalue weighted by Gasteiger charge is 2.18. The van der Waals surface area contributed by atoms with Gasteiger partial charge in [0.05, 0.1) is 19.1 Å². The van der Waals surface area contributed by atoms with Crippen LogP contribution in [0.3, 0.4) is 0 Å². The number of rotatable bonds is 3. The number of ether oxygens (including phenoxy) is 1. The number of carboxylic acids is 1. The first-order chi connectivity index (χ1) is 10.1. The molecule has 1 fully saturated rings. The Morgan fingerprint density at radius 3 is 1.91 bits per heavy atom. The molecule has 22 heavy (non-hydrogen) atoms. The first kappa shape index (κ1) is 25.8. The van der Waals surface area contributed by atoms with E-state index >= 15 is 0 Å². The normalized spacial score (nSPS) is 14.1. The number of carbonyl (C=O) groups is 2. The highest BCUT2D eigenvalue weighted by atomic mass is 16.5. The van der Waals surface area contributed by atoms with Gasteiger partial charge in [-0.05, 0) is 18.3 Å². The molecular weight excluding hydrogens is 284 g/mol. The fraction of sp³-hybridized carbons (Fsp3) is 0.882. The van der Waals surface area contributed by atoms with Crippen LogP contribution >= 0.6 is 0 Å². The molecule has 0 aromatic heterocycles. The van der Waals surface area contributed by atoms with Crippen LogP contribution in [0, 0.1) is 5.41 Å². The van der Waals surface area contributed by atoms with Gasteiger partial charge in [0.25, 0.3) is 0 Å². The Balaban J connectivity index is -0.000000273.